The molecule has 0 aliphatic carbocycles. The third kappa shape index (κ3) is 3.76. The fraction of sp³-hybridized carbons (Fsp3) is 0.400. The zero-order chi connectivity index (χ0) is 15.6. The van der Waals surface area contributed by atoms with Crippen LogP contribution in [0.5, 0.6) is 0 Å². The molecule has 0 aliphatic heterocycles. The Bertz CT molecular complexity index is 640. The van der Waals surface area contributed by atoms with Gasteiger partial charge in [0.2, 0.25) is 0 Å². The van der Waals surface area contributed by atoms with E-state index in [2.05, 4.69) is 10.4 Å². The first-order valence-corrected chi connectivity index (χ1v) is 7.47. The van der Waals surface area contributed by atoms with Crippen LogP contribution in [-0.4, -0.2) is 22.9 Å². The highest BCUT2D eigenvalue weighted by Gasteiger charge is 2.17. The van der Waals surface area contributed by atoms with Gasteiger partial charge in [0.15, 0.2) is 0 Å². The SMILES string of the molecule is CNC(Cc1ccc(F)cc1Cl)Cc1c(Cl)c(C)nn1C. The molecule has 0 saturated heterocycles. The molecule has 3 nitrogen and oxygen atoms in total. The maximum Gasteiger partial charge on any atom is 0.124 e. The normalized spacial score (nSPS) is 12.7. The maximum absolute atomic E-state index is 13.1. The van der Waals surface area contributed by atoms with Crippen molar-refractivity contribution in [3.63, 3.8) is 0 Å². The Hall–Kier alpha value is -1.10. The van der Waals surface area contributed by atoms with Crippen LogP contribution in [0.2, 0.25) is 10.0 Å². The second kappa shape index (κ2) is 6.77. The quantitative estimate of drug-likeness (QED) is 0.909. The molecule has 0 aliphatic rings. The van der Waals surface area contributed by atoms with Crippen LogP contribution in [0.25, 0.3) is 0 Å². The highest BCUT2D eigenvalue weighted by atomic mass is 35.5. The van der Waals surface area contributed by atoms with Crippen LogP contribution >= 0.6 is 23.2 Å². The summed E-state index contributed by atoms with van der Waals surface area (Å²) in [6.45, 7) is 1.89. The maximum atomic E-state index is 13.1. The van der Waals surface area contributed by atoms with Crippen LogP contribution in [0.3, 0.4) is 0 Å². The number of aryl methyl sites for hydroxylation is 2. The third-order valence-corrected chi connectivity index (χ3v) is 4.43. The van der Waals surface area contributed by atoms with Crippen molar-refractivity contribution in [1.29, 1.82) is 0 Å². The lowest BCUT2D eigenvalue weighted by Gasteiger charge is -2.17. The number of nitrogens with one attached hydrogen (secondary N) is 1. The molecule has 1 heterocycles. The molecule has 0 fully saturated rings. The molecule has 0 bridgehead atoms. The molecule has 1 aromatic heterocycles. The van der Waals surface area contributed by atoms with Crippen LogP contribution in [0, 0.1) is 12.7 Å². The summed E-state index contributed by atoms with van der Waals surface area (Å²) in [5.41, 5.74) is 2.71. The average molecular weight is 330 g/mol. The zero-order valence-corrected chi connectivity index (χ0v) is 13.8. The summed E-state index contributed by atoms with van der Waals surface area (Å²) in [6, 6.07) is 4.62. The summed E-state index contributed by atoms with van der Waals surface area (Å²) in [5.74, 6) is -0.324. The van der Waals surface area contributed by atoms with E-state index in [9.17, 15) is 4.39 Å². The number of likely N-dealkylation sites (N-methyl/N-ethyl adjacent to an activating group) is 1. The minimum atomic E-state index is -0.324. The first-order chi connectivity index (χ1) is 9.92. The predicted octanol–water partition coefficient (Wildman–Crippen LogP) is 3.55. The van der Waals surface area contributed by atoms with E-state index in [1.165, 1.54) is 12.1 Å². The molecule has 6 heteroatoms. The van der Waals surface area contributed by atoms with Gasteiger partial charge in [-0.1, -0.05) is 29.3 Å². The van der Waals surface area contributed by atoms with Crippen LogP contribution in [0.15, 0.2) is 18.2 Å². The molecule has 1 unspecified atom stereocenters. The largest absolute Gasteiger partial charge is 0.316 e. The van der Waals surface area contributed by atoms with E-state index in [-0.39, 0.29) is 11.9 Å². The van der Waals surface area contributed by atoms with E-state index in [0.717, 1.165) is 23.4 Å². The summed E-state index contributed by atoms with van der Waals surface area (Å²) in [7, 11) is 3.77. The predicted molar refractivity (Wildman–Crippen MR) is 84.6 cm³/mol. The van der Waals surface area contributed by atoms with Crippen LogP contribution < -0.4 is 5.32 Å². The second-order valence-corrected chi connectivity index (χ2v) is 5.88. The van der Waals surface area contributed by atoms with Crippen LogP contribution in [-0.2, 0) is 19.9 Å². The highest BCUT2D eigenvalue weighted by Crippen LogP contribution is 2.23. The first kappa shape index (κ1) is 16.3. The monoisotopic (exact) mass is 329 g/mol. The summed E-state index contributed by atoms with van der Waals surface area (Å²) >= 11 is 12.4. The topological polar surface area (TPSA) is 29.9 Å². The van der Waals surface area contributed by atoms with Crippen molar-refractivity contribution in [2.45, 2.75) is 25.8 Å². The van der Waals surface area contributed by atoms with Gasteiger partial charge in [-0.15, -0.1) is 0 Å². The molecular weight excluding hydrogens is 312 g/mol. The fourth-order valence-electron chi connectivity index (χ4n) is 2.36. The molecule has 1 atom stereocenters. The minimum absolute atomic E-state index is 0.139. The van der Waals surface area contributed by atoms with Crippen molar-refractivity contribution in [1.82, 2.24) is 15.1 Å². The Morgan fingerprint density at radius 2 is 2.05 bits per heavy atom. The van der Waals surface area contributed by atoms with Gasteiger partial charge in [0.05, 0.1) is 16.4 Å². The first-order valence-electron chi connectivity index (χ1n) is 6.71. The molecule has 1 N–H and O–H groups in total. The second-order valence-electron chi connectivity index (χ2n) is 5.10. The molecule has 0 amide bonds. The lowest BCUT2D eigenvalue weighted by Crippen LogP contribution is -2.31. The van der Waals surface area contributed by atoms with Crippen LogP contribution in [0.1, 0.15) is 17.0 Å². The van der Waals surface area contributed by atoms with Crippen molar-refractivity contribution in [3.8, 4) is 0 Å². The number of hydrogen-bond donors (Lipinski definition) is 1. The van der Waals surface area contributed by atoms with Crippen molar-refractivity contribution < 1.29 is 4.39 Å². The van der Waals surface area contributed by atoms with Gasteiger partial charge in [0.25, 0.3) is 0 Å². The van der Waals surface area contributed by atoms with E-state index in [4.69, 9.17) is 23.2 Å². The van der Waals surface area contributed by atoms with Gasteiger partial charge in [-0.2, -0.15) is 5.10 Å². The van der Waals surface area contributed by atoms with Gasteiger partial charge in [0.1, 0.15) is 5.82 Å². The lowest BCUT2D eigenvalue weighted by atomic mass is 10.0. The van der Waals surface area contributed by atoms with E-state index >= 15 is 0 Å². The fourth-order valence-corrected chi connectivity index (χ4v) is 2.85. The van der Waals surface area contributed by atoms with Gasteiger partial charge in [0, 0.05) is 24.5 Å². The standard InChI is InChI=1S/C15H18Cl2FN3/c1-9-15(17)14(21(3)20-9)8-12(19-2)6-10-4-5-11(18)7-13(10)16/h4-5,7,12,19H,6,8H2,1-3H3. The summed E-state index contributed by atoms with van der Waals surface area (Å²) in [5, 5.41) is 8.71. The van der Waals surface area contributed by atoms with Crippen molar-refractivity contribution >= 4 is 23.2 Å². The number of hydrogen-bond acceptors (Lipinski definition) is 2. The molecular formula is C15H18Cl2FN3. The van der Waals surface area contributed by atoms with Crippen LogP contribution in [0.4, 0.5) is 4.39 Å². The Balaban J connectivity index is 2.17. The lowest BCUT2D eigenvalue weighted by molar-refractivity contribution is 0.533. The van der Waals surface area contributed by atoms with E-state index in [1.54, 1.807) is 10.7 Å². The summed E-state index contributed by atoms with van der Waals surface area (Å²) < 4.78 is 14.9. The van der Waals surface area contributed by atoms with E-state index in [0.29, 0.717) is 16.5 Å². The van der Waals surface area contributed by atoms with Crippen molar-refractivity contribution in [3.05, 3.63) is 51.0 Å². The molecule has 0 saturated carbocycles. The molecule has 21 heavy (non-hydrogen) atoms. The van der Waals surface area contributed by atoms with Crippen molar-refractivity contribution in [2.75, 3.05) is 7.05 Å². The molecule has 2 aromatic rings. The molecule has 2 rings (SSSR count). The molecule has 0 radical (unpaired) electrons. The number of nitrogens with zero attached hydrogens (tertiary/aromatic N) is 2. The van der Waals surface area contributed by atoms with Gasteiger partial charge >= 0.3 is 0 Å². The summed E-state index contributed by atoms with van der Waals surface area (Å²) in [6.07, 6.45) is 1.41. The molecule has 114 valence electrons. The van der Waals surface area contributed by atoms with Crippen molar-refractivity contribution in [2.24, 2.45) is 7.05 Å². The minimum Gasteiger partial charge on any atom is -0.316 e. The Morgan fingerprint density at radius 3 is 2.57 bits per heavy atom. The third-order valence-electron chi connectivity index (χ3n) is 3.59. The number of benzene rings is 1. The zero-order valence-electron chi connectivity index (χ0n) is 12.3. The smallest absolute Gasteiger partial charge is 0.124 e. The van der Waals surface area contributed by atoms with Gasteiger partial charge in [-0.25, -0.2) is 4.39 Å². The number of rotatable bonds is 5. The molecule has 1 aromatic carbocycles. The highest BCUT2D eigenvalue weighted by molar-refractivity contribution is 6.32. The Labute approximate surface area is 134 Å². The molecule has 0 spiro atoms. The van der Waals surface area contributed by atoms with Gasteiger partial charge in [-0.3, -0.25) is 4.68 Å². The number of aromatic nitrogens is 2. The number of halogens is 3. The van der Waals surface area contributed by atoms with E-state index < -0.39 is 0 Å². The Kier molecular flexibility index (Phi) is 5.25. The summed E-state index contributed by atoms with van der Waals surface area (Å²) in [4.78, 5) is 0. The Morgan fingerprint density at radius 1 is 1.33 bits per heavy atom. The van der Waals surface area contributed by atoms with Gasteiger partial charge < -0.3 is 5.32 Å². The average Bonchev–Trinajstić information content (AvgIpc) is 2.67. The van der Waals surface area contributed by atoms with Gasteiger partial charge in [-0.05, 0) is 38.1 Å². The van der Waals surface area contributed by atoms with E-state index in [1.807, 2.05) is 21.0 Å².